The van der Waals surface area contributed by atoms with Crippen molar-refractivity contribution in [1.82, 2.24) is 15.2 Å². The van der Waals surface area contributed by atoms with E-state index < -0.39 is 0 Å². The van der Waals surface area contributed by atoms with Crippen LogP contribution in [0.1, 0.15) is 48.3 Å². The van der Waals surface area contributed by atoms with Crippen molar-refractivity contribution < 1.29 is 9.59 Å². The van der Waals surface area contributed by atoms with Gasteiger partial charge < -0.3 is 10.2 Å². The summed E-state index contributed by atoms with van der Waals surface area (Å²) >= 11 is 1.41. The van der Waals surface area contributed by atoms with Gasteiger partial charge >= 0.3 is 0 Å². The van der Waals surface area contributed by atoms with Gasteiger partial charge in [-0.15, -0.1) is 17.9 Å². The fourth-order valence-electron chi connectivity index (χ4n) is 3.51. The van der Waals surface area contributed by atoms with Gasteiger partial charge in [0.1, 0.15) is 9.71 Å². The van der Waals surface area contributed by atoms with Crippen LogP contribution in [0.5, 0.6) is 0 Å². The summed E-state index contributed by atoms with van der Waals surface area (Å²) in [7, 11) is 3.97. The average Bonchev–Trinajstić information content (AvgIpc) is 3.05. The van der Waals surface area contributed by atoms with Crippen molar-refractivity contribution in [1.29, 1.82) is 0 Å². The van der Waals surface area contributed by atoms with Crippen molar-refractivity contribution in [3.8, 4) is 0 Å². The topological polar surface area (TPSA) is 77.9 Å². The molecular formula is C23H29N5O2S. The molecule has 0 radical (unpaired) electrons. The maximum absolute atomic E-state index is 13.4. The molecule has 1 aliphatic heterocycles. The minimum Gasteiger partial charge on any atom is -0.377 e. The van der Waals surface area contributed by atoms with Crippen molar-refractivity contribution in [2.45, 2.75) is 45.7 Å². The number of carbonyl (C=O) groups is 2. The Bertz CT molecular complexity index is 1050. The van der Waals surface area contributed by atoms with E-state index in [9.17, 15) is 9.59 Å². The standard InChI is InChI=1S/C23H29N5O2S/c1-6-15(3)26-19(29)10-8-9-16(7-2)28-14-24-13-17-20-18(27(4)5)11-12-25-22(20)31-21(17)23(28)30/h6,9,11-12,14-15H,1,7-8,10,13H2,2-5H3,(H,26,29)/b16-9+. The van der Waals surface area contributed by atoms with Crippen LogP contribution in [0.2, 0.25) is 0 Å². The number of hydrogen-bond acceptors (Lipinski definition) is 6. The van der Waals surface area contributed by atoms with Crippen LogP contribution in [-0.4, -0.2) is 48.2 Å². The van der Waals surface area contributed by atoms with E-state index in [1.165, 1.54) is 11.3 Å². The van der Waals surface area contributed by atoms with Gasteiger partial charge in [0.2, 0.25) is 5.91 Å². The van der Waals surface area contributed by atoms with Gasteiger partial charge in [-0.3, -0.25) is 19.5 Å². The number of nitrogens with one attached hydrogen (secondary N) is 1. The molecule has 0 saturated carbocycles. The number of amides is 2. The molecule has 8 heteroatoms. The smallest absolute Gasteiger partial charge is 0.273 e. The number of thiophene rings is 1. The van der Waals surface area contributed by atoms with Crippen LogP contribution < -0.4 is 10.2 Å². The number of pyridine rings is 1. The van der Waals surface area contributed by atoms with Crippen LogP contribution >= 0.6 is 11.3 Å². The second kappa shape index (κ2) is 9.87. The summed E-state index contributed by atoms with van der Waals surface area (Å²) in [6.07, 6.45) is 8.58. The maximum atomic E-state index is 13.4. The lowest BCUT2D eigenvalue weighted by atomic mass is 10.1. The zero-order valence-corrected chi connectivity index (χ0v) is 19.3. The molecule has 0 saturated heterocycles. The molecule has 1 aliphatic rings. The first-order valence-corrected chi connectivity index (χ1v) is 11.2. The molecule has 2 aromatic heterocycles. The van der Waals surface area contributed by atoms with Gasteiger partial charge in [0.05, 0.1) is 12.9 Å². The Morgan fingerprint density at radius 1 is 1.45 bits per heavy atom. The number of carbonyl (C=O) groups excluding carboxylic acids is 2. The highest BCUT2D eigenvalue weighted by Crippen LogP contribution is 2.38. The van der Waals surface area contributed by atoms with Gasteiger partial charge in [0, 0.05) is 55.1 Å². The highest BCUT2D eigenvalue weighted by Gasteiger charge is 2.28. The van der Waals surface area contributed by atoms with E-state index in [1.807, 2.05) is 45.0 Å². The Morgan fingerprint density at radius 3 is 2.90 bits per heavy atom. The van der Waals surface area contributed by atoms with E-state index in [-0.39, 0.29) is 17.9 Å². The third-order valence-electron chi connectivity index (χ3n) is 5.18. The van der Waals surface area contributed by atoms with E-state index in [1.54, 1.807) is 23.5 Å². The molecule has 0 spiro atoms. The lowest BCUT2D eigenvalue weighted by Gasteiger charge is -2.19. The number of anilines is 1. The molecule has 0 bridgehead atoms. The minimum absolute atomic E-state index is 0.0379. The van der Waals surface area contributed by atoms with E-state index in [2.05, 4.69) is 21.9 Å². The molecule has 3 heterocycles. The molecule has 164 valence electrons. The van der Waals surface area contributed by atoms with Crippen LogP contribution in [0.25, 0.3) is 10.2 Å². The molecule has 2 aromatic rings. The number of allylic oxidation sites excluding steroid dienone is 2. The van der Waals surface area contributed by atoms with Crippen LogP contribution in [0, 0.1) is 0 Å². The predicted octanol–water partition coefficient (Wildman–Crippen LogP) is 4.11. The van der Waals surface area contributed by atoms with Gasteiger partial charge in [-0.05, 0) is 25.8 Å². The summed E-state index contributed by atoms with van der Waals surface area (Å²) in [5.41, 5.74) is 2.79. The maximum Gasteiger partial charge on any atom is 0.273 e. The average molecular weight is 440 g/mol. The first kappa shape index (κ1) is 22.7. The second-order valence-electron chi connectivity index (χ2n) is 7.63. The van der Waals surface area contributed by atoms with Crippen LogP contribution in [0.3, 0.4) is 0 Å². The first-order chi connectivity index (χ1) is 14.9. The Kier molecular flexibility index (Phi) is 7.22. The molecule has 0 fully saturated rings. The van der Waals surface area contributed by atoms with Crippen LogP contribution in [0.15, 0.2) is 41.7 Å². The Hall–Kier alpha value is -3.00. The number of aliphatic imine (C=N–C) groups is 1. The number of aromatic nitrogens is 1. The highest BCUT2D eigenvalue weighted by atomic mass is 32.1. The fraction of sp³-hybridized carbons (Fsp3) is 0.391. The van der Waals surface area contributed by atoms with Crippen molar-refractivity contribution in [2.24, 2.45) is 4.99 Å². The third-order valence-corrected chi connectivity index (χ3v) is 6.30. The molecule has 0 aliphatic carbocycles. The molecule has 1 atom stereocenters. The quantitative estimate of drug-likeness (QED) is 0.628. The van der Waals surface area contributed by atoms with Gasteiger partial charge in [-0.2, -0.15) is 0 Å². The van der Waals surface area contributed by atoms with Gasteiger partial charge in [0.15, 0.2) is 0 Å². The largest absolute Gasteiger partial charge is 0.377 e. The molecule has 1 unspecified atom stereocenters. The minimum atomic E-state index is -0.0956. The van der Waals surface area contributed by atoms with Crippen molar-refractivity contribution in [3.63, 3.8) is 0 Å². The molecule has 3 rings (SSSR count). The summed E-state index contributed by atoms with van der Waals surface area (Å²) < 4.78 is 0. The lowest BCUT2D eigenvalue weighted by Crippen LogP contribution is -2.30. The van der Waals surface area contributed by atoms with Crippen molar-refractivity contribution in [3.05, 3.63) is 47.1 Å². The molecule has 0 aromatic carbocycles. The number of hydrogen-bond donors (Lipinski definition) is 1. The molecule has 1 N–H and O–H groups in total. The van der Waals surface area contributed by atoms with E-state index in [4.69, 9.17) is 0 Å². The van der Waals surface area contributed by atoms with E-state index >= 15 is 0 Å². The molecule has 31 heavy (non-hydrogen) atoms. The summed E-state index contributed by atoms with van der Waals surface area (Å²) in [6.45, 7) is 7.98. The third kappa shape index (κ3) is 4.85. The highest BCUT2D eigenvalue weighted by molar-refractivity contribution is 7.20. The zero-order valence-electron chi connectivity index (χ0n) is 18.5. The zero-order chi connectivity index (χ0) is 22.5. The molecule has 7 nitrogen and oxygen atoms in total. The SMILES string of the molecule is C=CC(C)NC(=O)CC/C=C(\CC)N1C=NCc2c(sc3nccc(N(C)C)c23)C1=O. The monoisotopic (exact) mass is 439 g/mol. The Morgan fingerprint density at radius 2 is 2.23 bits per heavy atom. The Labute approximate surface area is 187 Å². The van der Waals surface area contributed by atoms with Crippen LogP contribution in [-0.2, 0) is 11.3 Å². The molecular weight excluding hydrogens is 410 g/mol. The second-order valence-corrected chi connectivity index (χ2v) is 8.62. The van der Waals surface area contributed by atoms with E-state index in [0.717, 1.165) is 27.2 Å². The molecule has 2 amide bonds. The summed E-state index contributed by atoms with van der Waals surface area (Å²) in [5, 5.41) is 3.85. The number of fused-ring (bicyclic) bond motifs is 3. The lowest BCUT2D eigenvalue weighted by molar-refractivity contribution is -0.121. The van der Waals surface area contributed by atoms with Gasteiger partial charge in [0.25, 0.3) is 5.91 Å². The summed E-state index contributed by atoms with van der Waals surface area (Å²) in [6, 6.07) is 1.90. The summed E-state index contributed by atoms with van der Waals surface area (Å²) in [5.74, 6) is -0.133. The van der Waals surface area contributed by atoms with Crippen molar-refractivity contribution in [2.75, 3.05) is 19.0 Å². The number of nitrogens with zero attached hydrogens (tertiary/aromatic N) is 4. The van der Waals surface area contributed by atoms with E-state index in [0.29, 0.717) is 30.7 Å². The number of rotatable bonds is 8. The Balaban J connectivity index is 1.86. The predicted molar refractivity (Wildman–Crippen MR) is 128 cm³/mol. The van der Waals surface area contributed by atoms with Gasteiger partial charge in [-0.25, -0.2) is 4.98 Å². The normalized spacial score (nSPS) is 14.9. The van der Waals surface area contributed by atoms with Crippen LogP contribution in [0.4, 0.5) is 5.69 Å². The summed E-state index contributed by atoms with van der Waals surface area (Å²) in [4.78, 5) is 39.7. The van der Waals surface area contributed by atoms with Gasteiger partial charge in [-0.1, -0.05) is 19.1 Å². The fourth-order valence-corrected chi connectivity index (χ4v) is 4.62. The first-order valence-electron chi connectivity index (χ1n) is 10.4. The van der Waals surface area contributed by atoms with Crippen molar-refractivity contribution >= 4 is 45.4 Å².